The largest absolute Gasteiger partial charge is 0.491 e. The van der Waals surface area contributed by atoms with Gasteiger partial charge >= 0.3 is 0 Å². The SMILES string of the molecule is CC(NC(=O)CCCOc1ccccc1F)c1ccc2c(c1)OCCO2. The van der Waals surface area contributed by atoms with E-state index in [1.54, 1.807) is 18.2 Å². The summed E-state index contributed by atoms with van der Waals surface area (Å²) in [7, 11) is 0. The number of ether oxygens (including phenoxy) is 3. The van der Waals surface area contributed by atoms with Gasteiger partial charge in [0.05, 0.1) is 12.6 Å². The lowest BCUT2D eigenvalue weighted by molar-refractivity contribution is -0.121. The number of hydrogen-bond acceptors (Lipinski definition) is 4. The third-order valence-corrected chi connectivity index (χ3v) is 4.09. The third-order valence-electron chi connectivity index (χ3n) is 4.09. The second-order valence-corrected chi connectivity index (χ2v) is 6.07. The smallest absolute Gasteiger partial charge is 0.220 e. The summed E-state index contributed by atoms with van der Waals surface area (Å²) in [5.74, 6) is 1.16. The summed E-state index contributed by atoms with van der Waals surface area (Å²) in [5, 5.41) is 2.95. The van der Waals surface area contributed by atoms with Gasteiger partial charge in [-0.25, -0.2) is 4.39 Å². The first kappa shape index (κ1) is 18.0. The van der Waals surface area contributed by atoms with Crippen molar-refractivity contribution in [3.63, 3.8) is 0 Å². The van der Waals surface area contributed by atoms with E-state index in [0.717, 1.165) is 11.3 Å². The van der Waals surface area contributed by atoms with Crippen molar-refractivity contribution < 1.29 is 23.4 Å². The van der Waals surface area contributed by atoms with Crippen molar-refractivity contribution in [2.75, 3.05) is 19.8 Å². The zero-order valence-electron chi connectivity index (χ0n) is 14.7. The lowest BCUT2D eigenvalue weighted by Gasteiger charge is -2.21. The van der Waals surface area contributed by atoms with E-state index in [1.165, 1.54) is 6.07 Å². The molecule has 1 aliphatic rings. The summed E-state index contributed by atoms with van der Waals surface area (Å²) in [6, 6.07) is 11.7. The van der Waals surface area contributed by atoms with Crippen molar-refractivity contribution in [2.24, 2.45) is 0 Å². The number of nitrogens with one attached hydrogen (secondary N) is 1. The Kier molecular flexibility index (Phi) is 5.94. The fourth-order valence-electron chi connectivity index (χ4n) is 2.70. The number of fused-ring (bicyclic) bond motifs is 1. The molecule has 1 unspecified atom stereocenters. The molecule has 26 heavy (non-hydrogen) atoms. The highest BCUT2D eigenvalue weighted by molar-refractivity contribution is 5.76. The van der Waals surface area contributed by atoms with Crippen LogP contribution in [0, 0.1) is 5.82 Å². The predicted octanol–water partition coefficient (Wildman–Crippen LogP) is 3.63. The van der Waals surface area contributed by atoms with Crippen molar-refractivity contribution in [3.8, 4) is 17.2 Å². The van der Waals surface area contributed by atoms with Crippen LogP contribution in [0.5, 0.6) is 17.2 Å². The van der Waals surface area contributed by atoms with Crippen molar-refractivity contribution in [3.05, 3.63) is 53.8 Å². The Morgan fingerprint density at radius 1 is 1.19 bits per heavy atom. The standard InChI is InChI=1S/C20H22FNO4/c1-14(15-8-9-18-19(13-15)26-12-11-25-18)22-20(23)7-4-10-24-17-6-3-2-5-16(17)21/h2-3,5-6,8-9,13-14H,4,7,10-12H2,1H3,(H,22,23). The lowest BCUT2D eigenvalue weighted by atomic mass is 10.1. The molecule has 1 aliphatic heterocycles. The van der Waals surface area contributed by atoms with Crippen molar-refractivity contribution in [1.29, 1.82) is 0 Å². The number of carbonyl (C=O) groups excluding carboxylic acids is 1. The quantitative estimate of drug-likeness (QED) is 0.767. The van der Waals surface area contributed by atoms with Gasteiger partial charge in [-0.1, -0.05) is 18.2 Å². The van der Waals surface area contributed by atoms with E-state index >= 15 is 0 Å². The minimum Gasteiger partial charge on any atom is -0.491 e. The predicted molar refractivity (Wildman–Crippen MR) is 95.1 cm³/mol. The molecule has 0 bridgehead atoms. The van der Waals surface area contributed by atoms with Crippen LogP contribution in [0.4, 0.5) is 4.39 Å². The Bertz CT molecular complexity index is 765. The number of para-hydroxylation sites is 1. The van der Waals surface area contributed by atoms with Crippen LogP contribution in [-0.2, 0) is 4.79 Å². The van der Waals surface area contributed by atoms with Gasteiger partial charge in [0.25, 0.3) is 0 Å². The fourth-order valence-corrected chi connectivity index (χ4v) is 2.70. The molecule has 1 N–H and O–H groups in total. The van der Waals surface area contributed by atoms with E-state index in [1.807, 2.05) is 25.1 Å². The van der Waals surface area contributed by atoms with Crippen LogP contribution in [0.15, 0.2) is 42.5 Å². The van der Waals surface area contributed by atoms with Crippen molar-refractivity contribution in [1.82, 2.24) is 5.32 Å². The van der Waals surface area contributed by atoms with Gasteiger partial charge in [0.1, 0.15) is 13.2 Å². The average molecular weight is 359 g/mol. The Balaban J connectivity index is 1.43. The number of rotatable bonds is 7. The van der Waals surface area contributed by atoms with E-state index < -0.39 is 5.82 Å². The summed E-state index contributed by atoms with van der Waals surface area (Å²) in [6.45, 7) is 3.28. The maximum Gasteiger partial charge on any atom is 0.220 e. The van der Waals surface area contributed by atoms with E-state index in [-0.39, 0.29) is 24.3 Å². The van der Waals surface area contributed by atoms with Crippen LogP contribution in [0.2, 0.25) is 0 Å². The molecule has 1 atom stereocenters. The van der Waals surface area contributed by atoms with Gasteiger partial charge in [0.15, 0.2) is 23.1 Å². The zero-order chi connectivity index (χ0) is 18.4. The Morgan fingerprint density at radius 2 is 1.96 bits per heavy atom. The summed E-state index contributed by atoms with van der Waals surface area (Å²) in [5.41, 5.74) is 0.949. The maximum atomic E-state index is 13.4. The van der Waals surface area contributed by atoms with Gasteiger partial charge in [-0.05, 0) is 43.2 Å². The van der Waals surface area contributed by atoms with Gasteiger partial charge in [-0.2, -0.15) is 0 Å². The average Bonchev–Trinajstić information content (AvgIpc) is 2.66. The lowest BCUT2D eigenvalue weighted by Crippen LogP contribution is -2.27. The Hall–Kier alpha value is -2.76. The molecule has 1 amide bonds. The molecule has 6 heteroatoms. The molecule has 2 aromatic carbocycles. The molecule has 5 nitrogen and oxygen atoms in total. The Labute approximate surface area is 152 Å². The molecule has 1 heterocycles. The van der Waals surface area contributed by atoms with Crippen LogP contribution >= 0.6 is 0 Å². The monoisotopic (exact) mass is 359 g/mol. The van der Waals surface area contributed by atoms with Gasteiger partial charge in [0, 0.05) is 6.42 Å². The molecule has 0 aromatic heterocycles. The maximum absolute atomic E-state index is 13.4. The highest BCUT2D eigenvalue weighted by atomic mass is 19.1. The normalized spacial score (nSPS) is 13.8. The topological polar surface area (TPSA) is 56.8 Å². The Morgan fingerprint density at radius 3 is 2.77 bits per heavy atom. The summed E-state index contributed by atoms with van der Waals surface area (Å²) in [6.07, 6.45) is 0.817. The molecular formula is C20H22FNO4. The first-order chi connectivity index (χ1) is 12.6. The van der Waals surface area contributed by atoms with Gasteiger partial charge < -0.3 is 19.5 Å². The fraction of sp³-hybridized carbons (Fsp3) is 0.350. The van der Waals surface area contributed by atoms with E-state index in [2.05, 4.69) is 5.32 Å². The minimum absolute atomic E-state index is 0.0791. The number of benzene rings is 2. The molecule has 0 radical (unpaired) electrons. The molecular weight excluding hydrogens is 337 g/mol. The third kappa shape index (κ3) is 4.65. The van der Waals surface area contributed by atoms with Gasteiger partial charge in [-0.3, -0.25) is 4.79 Å². The van der Waals surface area contributed by atoms with E-state index in [4.69, 9.17) is 14.2 Å². The number of halogens is 1. The van der Waals surface area contributed by atoms with Crippen LogP contribution in [0.1, 0.15) is 31.4 Å². The summed E-state index contributed by atoms with van der Waals surface area (Å²) >= 11 is 0. The molecule has 138 valence electrons. The molecule has 0 fully saturated rings. The number of carbonyl (C=O) groups is 1. The van der Waals surface area contributed by atoms with Gasteiger partial charge in [0.2, 0.25) is 5.91 Å². The second-order valence-electron chi connectivity index (χ2n) is 6.07. The molecule has 0 spiro atoms. The van der Waals surface area contributed by atoms with Gasteiger partial charge in [-0.15, -0.1) is 0 Å². The van der Waals surface area contributed by atoms with Crippen LogP contribution in [0.25, 0.3) is 0 Å². The zero-order valence-corrected chi connectivity index (χ0v) is 14.7. The first-order valence-electron chi connectivity index (χ1n) is 8.70. The molecule has 2 aromatic rings. The minimum atomic E-state index is -0.399. The molecule has 0 saturated heterocycles. The highest BCUT2D eigenvalue weighted by Gasteiger charge is 2.15. The van der Waals surface area contributed by atoms with E-state index in [9.17, 15) is 9.18 Å². The molecule has 0 aliphatic carbocycles. The van der Waals surface area contributed by atoms with E-state index in [0.29, 0.717) is 31.8 Å². The molecule has 0 saturated carbocycles. The van der Waals surface area contributed by atoms with Crippen LogP contribution in [-0.4, -0.2) is 25.7 Å². The summed E-state index contributed by atoms with van der Waals surface area (Å²) in [4.78, 5) is 12.1. The summed E-state index contributed by atoms with van der Waals surface area (Å²) < 4.78 is 29.8. The number of amides is 1. The van der Waals surface area contributed by atoms with Crippen LogP contribution in [0.3, 0.4) is 0 Å². The second kappa shape index (κ2) is 8.56. The van der Waals surface area contributed by atoms with Crippen molar-refractivity contribution >= 4 is 5.91 Å². The first-order valence-corrected chi connectivity index (χ1v) is 8.70. The highest BCUT2D eigenvalue weighted by Crippen LogP contribution is 2.32. The number of hydrogen-bond donors (Lipinski definition) is 1. The van der Waals surface area contributed by atoms with Crippen molar-refractivity contribution in [2.45, 2.75) is 25.8 Å². The van der Waals surface area contributed by atoms with Crippen LogP contribution < -0.4 is 19.5 Å². The molecule has 3 rings (SSSR count).